The van der Waals surface area contributed by atoms with Crippen molar-refractivity contribution < 1.29 is 14.7 Å². The molecular weight excluding hydrogens is 377 g/mol. The molecule has 0 saturated carbocycles. The van der Waals surface area contributed by atoms with Crippen molar-refractivity contribution in [2.75, 3.05) is 0 Å². The predicted octanol–water partition coefficient (Wildman–Crippen LogP) is 2.91. The minimum atomic E-state index is -1.07. The van der Waals surface area contributed by atoms with E-state index in [2.05, 4.69) is 27.9 Å². The van der Waals surface area contributed by atoms with Crippen LogP contribution in [0.3, 0.4) is 0 Å². The van der Waals surface area contributed by atoms with Gasteiger partial charge in [0.1, 0.15) is 0 Å². The third-order valence-corrected chi connectivity index (χ3v) is 4.11. The normalized spacial score (nSPS) is 11.8. The van der Waals surface area contributed by atoms with Gasteiger partial charge in [0.05, 0.1) is 0 Å². The highest BCUT2D eigenvalue weighted by atomic mass is 127. The van der Waals surface area contributed by atoms with Gasteiger partial charge in [-0.1, -0.05) is 6.07 Å². The Kier molecular flexibility index (Phi) is 4.54. The summed E-state index contributed by atoms with van der Waals surface area (Å²) < 4.78 is 1.02. The van der Waals surface area contributed by atoms with Crippen LogP contribution in [0.15, 0.2) is 41.8 Å². The Balaban J connectivity index is 2.16. The lowest BCUT2D eigenvalue weighted by Crippen LogP contribution is -2.33. The van der Waals surface area contributed by atoms with E-state index in [4.69, 9.17) is 0 Å². The number of nitrogens with one attached hydrogen (secondary N) is 1. The van der Waals surface area contributed by atoms with Crippen molar-refractivity contribution >= 4 is 45.8 Å². The van der Waals surface area contributed by atoms with E-state index >= 15 is 0 Å². The molecule has 0 aliphatic heterocycles. The highest BCUT2D eigenvalue weighted by Crippen LogP contribution is 2.19. The molecule has 1 unspecified atom stereocenters. The molecule has 4 nitrogen and oxygen atoms in total. The van der Waals surface area contributed by atoms with E-state index in [9.17, 15) is 14.7 Å². The highest BCUT2D eigenvalue weighted by molar-refractivity contribution is 14.1. The summed E-state index contributed by atoms with van der Waals surface area (Å²) in [6, 6.07) is 9.39. The van der Waals surface area contributed by atoms with Crippen molar-refractivity contribution in [1.82, 2.24) is 5.32 Å². The molecule has 1 amide bonds. The van der Waals surface area contributed by atoms with E-state index in [1.165, 1.54) is 11.3 Å². The molecule has 19 heavy (non-hydrogen) atoms. The average molecular weight is 387 g/mol. The summed E-state index contributed by atoms with van der Waals surface area (Å²) in [4.78, 5) is 23.8. The number of benzene rings is 1. The number of amides is 1. The SMILES string of the molecule is O=C(NC(C(=O)O)c1cccs1)c1ccc(I)cc1. The van der Waals surface area contributed by atoms with Gasteiger partial charge in [0.15, 0.2) is 6.04 Å². The first-order valence-corrected chi connectivity index (χ1v) is 7.36. The van der Waals surface area contributed by atoms with Crippen LogP contribution in [0.25, 0.3) is 0 Å². The van der Waals surface area contributed by atoms with Crippen molar-refractivity contribution in [2.24, 2.45) is 0 Å². The molecule has 2 rings (SSSR count). The molecule has 98 valence electrons. The van der Waals surface area contributed by atoms with E-state index in [1.54, 1.807) is 41.8 Å². The number of carbonyl (C=O) groups excluding carboxylic acids is 1. The molecule has 0 saturated heterocycles. The lowest BCUT2D eigenvalue weighted by molar-refractivity contribution is -0.139. The maximum atomic E-state index is 12.0. The number of carboxylic acids is 1. The van der Waals surface area contributed by atoms with Crippen molar-refractivity contribution in [3.8, 4) is 0 Å². The topological polar surface area (TPSA) is 66.4 Å². The Hall–Kier alpha value is -1.41. The molecule has 1 aromatic carbocycles. The van der Waals surface area contributed by atoms with Gasteiger partial charge in [-0.05, 0) is 58.3 Å². The standard InChI is InChI=1S/C13H10INO3S/c14-9-5-3-8(4-6-9)12(16)15-11(13(17)18)10-2-1-7-19-10/h1-7,11H,(H,15,16)(H,17,18). The van der Waals surface area contributed by atoms with Gasteiger partial charge in [-0.3, -0.25) is 4.79 Å². The number of thiophene rings is 1. The summed E-state index contributed by atoms with van der Waals surface area (Å²) in [6.07, 6.45) is 0. The molecular formula is C13H10INO3S. The number of carboxylic acid groups (broad SMARTS) is 1. The quantitative estimate of drug-likeness (QED) is 0.793. The van der Waals surface area contributed by atoms with E-state index in [0.29, 0.717) is 10.4 Å². The molecule has 0 bridgehead atoms. The van der Waals surface area contributed by atoms with Crippen LogP contribution in [-0.4, -0.2) is 17.0 Å². The number of hydrogen-bond acceptors (Lipinski definition) is 3. The molecule has 0 spiro atoms. The number of aliphatic carboxylic acids is 1. The van der Waals surface area contributed by atoms with Crippen LogP contribution < -0.4 is 5.32 Å². The first-order chi connectivity index (χ1) is 9.08. The third kappa shape index (κ3) is 3.54. The van der Waals surface area contributed by atoms with Crippen LogP contribution in [0, 0.1) is 3.57 Å². The lowest BCUT2D eigenvalue weighted by Gasteiger charge is -2.12. The minimum Gasteiger partial charge on any atom is -0.479 e. The van der Waals surface area contributed by atoms with Gasteiger partial charge in [0, 0.05) is 14.0 Å². The van der Waals surface area contributed by atoms with E-state index < -0.39 is 17.9 Å². The predicted molar refractivity (Wildman–Crippen MR) is 81.3 cm³/mol. The van der Waals surface area contributed by atoms with Crippen LogP contribution in [0.5, 0.6) is 0 Å². The van der Waals surface area contributed by atoms with E-state index in [0.717, 1.165) is 3.57 Å². The molecule has 2 aromatic rings. The van der Waals surface area contributed by atoms with Crippen molar-refractivity contribution in [3.63, 3.8) is 0 Å². The van der Waals surface area contributed by atoms with Crippen molar-refractivity contribution in [1.29, 1.82) is 0 Å². The van der Waals surface area contributed by atoms with Crippen LogP contribution in [-0.2, 0) is 4.79 Å². The zero-order valence-corrected chi connectivity index (χ0v) is 12.6. The van der Waals surface area contributed by atoms with Gasteiger partial charge in [-0.25, -0.2) is 4.79 Å². The van der Waals surface area contributed by atoms with E-state index in [1.807, 2.05) is 0 Å². The van der Waals surface area contributed by atoms with Crippen LogP contribution in [0.4, 0.5) is 0 Å². The smallest absolute Gasteiger partial charge is 0.331 e. The fourth-order valence-corrected chi connectivity index (χ4v) is 2.65. The molecule has 1 aromatic heterocycles. The number of carbonyl (C=O) groups is 2. The summed E-state index contributed by atoms with van der Waals surface area (Å²) in [7, 11) is 0. The first-order valence-electron chi connectivity index (χ1n) is 5.40. The number of halogens is 1. The van der Waals surface area contributed by atoms with Gasteiger partial charge >= 0.3 is 5.97 Å². The fourth-order valence-electron chi connectivity index (χ4n) is 1.53. The van der Waals surface area contributed by atoms with Gasteiger partial charge < -0.3 is 10.4 Å². The Morgan fingerprint density at radius 2 is 1.89 bits per heavy atom. The summed E-state index contributed by atoms with van der Waals surface area (Å²) in [5, 5.41) is 13.5. The Morgan fingerprint density at radius 1 is 1.21 bits per heavy atom. The monoisotopic (exact) mass is 387 g/mol. The van der Waals surface area contributed by atoms with Gasteiger partial charge in [-0.15, -0.1) is 11.3 Å². The van der Waals surface area contributed by atoms with Gasteiger partial charge in [0.2, 0.25) is 0 Å². The van der Waals surface area contributed by atoms with Gasteiger partial charge in [-0.2, -0.15) is 0 Å². The second-order valence-corrected chi connectivity index (χ2v) is 5.99. The molecule has 2 N–H and O–H groups in total. The molecule has 0 fully saturated rings. The summed E-state index contributed by atoms with van der Waals surface area (Å²) in [5.74, 6) is -1.46. The van der Waals surface area contributed by atoms with E-state index in [-0.39, 0.29) is 0 Å². The second-order valence-electron chi connectivity index (χ2n) is 3.77. The third-order valence-electron chi connectivity index (χ3n) is 2.46. The minimum absolute atomic E-state index is 0.391. The van der Waals surface area contributed by atoms with Crippen LogP contribution >= 0.6 is 33.9 Å². The molecule has 6 heteroatoms. The summed E-state index contributed by atoms with van der Waals surface area (Å²) in [6.45, 7) is 0. The zero-order valence-electron chi connectivity index (χ0n) is 9.67. The van der Waals surface area contributed by atoms with Crippen LogP contribution in [0.2, 0.25) is 0 Å². The molecule has 1 atom stereocenters. The second kappa shape index (κ2) is 6.16. The highest BCUT2D eigenvalue weighted by Gasteiger charge is 2.23. The number of hydrogen-bond donors (Lipinski definition) is 2. The molecule has 0 aliphatic rings. The van der Waals surface area contributed by atoms with Crippen molar-refractivity contribution in [3.05, 3.63) is 55.8 Å². The lowest BCUT2D eigenvalue weighted by atomic mass is 10.2. The molecule has 0 radical (unpaired) electrons. The molecule has 0 aliphatic carbocycles. The molecule has 1 heterocycles. The summed E-state index contributed by atoms with van der Waals surface area (Å²) >= 11 is 3.44. The summed E-state index contributed by atoms with van der Waals surface area (Å²) in [5.41, 5.74) is 0.447. The number of rotatable bonds is 4. The largest absolute Gasteiger partial charge is 0.479 e. The van der Waals surface area contributed by atoms with Crippen LogP contribution in [0.1, 0.15) is 21.3 Å². The fraction of sp³-hybridized carbons (Fsp3) is 0.0769. The zero-order chi connectivity index (χ0) is 13.8. The van der Waals surface area contributed by atoms with Gasteiger partial charge in [0.25, 0.3) is 5.91 Å². The Morgan fingerprint density at radius 3 is 2.42 bits per heavy atom. The maximum Gasteiger partial charge on any atom is 0.331 e. The Labute approximate surface area is 127 Å². The average Bonchev–Trinajstić information content (AvgIpc) is 2.89. The first kappa shape index (κ1) is 14.0. The Bertz CT molecular complexity index is 580. The maximum absolute atomic E-state index is 12.0. The van der Waals surface area contributed by atoms with Crippen molar-refractivity contribution in [2.45, 2.75) is 6.04 Å².